The van der Waals surface area contributed by atoms with Gasteiger partial charge in [-0.15, -0.1) is 0 Å². The van der Waals surface area contributed by atoms with Crippen LogP contribution in [0.2, 0.25) is 0 Å². The Kier molecular flexibility index (Phi) is 6.38. The lowest BCUT2D eigenvalue weighted by atomic mass is 9.34. The van der Waals surface area contributed by atoms with Crippen LogP contribution in [0.1, 0.15) is 49.3 Å². The molecular weight excluding hydrogens is 399 g/mol. The zero-order valence-electron chi connectivity index (χ0n) is 20.5. The molecule has 0 aliphatic carbocycles. The van der Waals surface area contributed by atoms with E-state index in [4.69, 9.17) is 0 Å². The van der Waals surface area contributed by atoms with Gasteiger partial charge in [-0.2, -0.15) is 0 Å². The van der Waals surface area contributed by atoms with E-state index in [0.29, 0.717) is 0 Å². The molecule has 0 bridgehead atoms. The van der Waals surface area contributed by atoms with E-state index in [1.165, 1.54) is 49.8 Å². The fourth-order valence-corrected chi connectivity index (χ4v) is 5.35. The van der Waals surface area contributed by atoms with Gasteiger partial charge in [0, 0.05) is 11.1 Å². The van der Waals surface area contributed by atoms with Gasteiger partial charge in [0.15, 0.2) is 5.78 Å². The largest absolute Gasteiger partial charge is 0.289 e. The Hall–Kier alpha value is -3.39. The molecule has 0 N–H and O–H groups in total. The van der Waals surface area contributed by atoms with Crippen LogP contribution >= 0.6 is 0 Å². The summed E-state index contributed by atoms with van der Waals surface area (Å²) in [6.45, 7) is 13.3. The summed E-state index contributed by atoms with van der Waals surface area (Å²) in [7, 11) is 0. The molecule has 164 valence electrons. The van der Waals surface area contributed by atoms with Crippen molar-refractivity contribution in [2.24, 2.45) is 0 Å². The van der Waals surface area contributed by atoms with E-state index in [0.717, 1.165) is 11.1 Å². The Morgan fingerprint density at radius 1 is 0.545 bits per heavy atom. The van der Waals surface area contributed by atoms with E-state index >= 15 is 0 Å². The second-order valence-corrected chi connectivity index (χ2v) is 9.37. The number of hydrogen-bond acceptors (Lipinski definition) is 1. The number of rotatable bonds is 5. The van der Waals surface area contributed by atoms with Crippen molar-refractivity contribution in [1.82, 2.24) is 0 Å². The summed E-state index contributed by atoms with van der Waals surface area (Å²) in [6.07, 6.45) is 0. The highest BCUT2D eigenvalue weighted by molar-refractivity contribution is 6.96. The maximum absolute atomic E-state index is 13.0. The number of aryl methyl sites for hydroxylation is 6. The van der Waals surface area contributed by atoms with Crippen molar-refractivity contribution in [2.75, 3.05) is 0 Å². The molecule has 4 rings (SSSR count). The predicted octanol–water partition coefficient (Wildman–Crippen LogP) is 5.28. The summed E-state index contributed by atoms with van der Waals surface area (Å²) in [5.74, 6) is 0.0593. The fourth-order valence-electron chi connectivity index (χ4n) is 5.35. The molecule has 0 spiro atoms. The van der Waals surface area contributed by atoms with Gasteiger partial charge in [0.2, 0.25) is 6.71 Å². The van der Waals surface area contributed by atoms with E-state index in [-0.39, 0.29) is 12.5 Å². The molecule has 0 radical (unpaired) electrons. The summed E-state index contributed by atoms with van der Waals surface area (Å²) < 4.78 is 0. The van der Waals surface area contributed by atoms with Gasteiger partial charge in [-0.1, -0.05) is 129 Å². The van der Waals surface area contributed by atoms with Crippen LogP contribution in [0.3, 0.4) is 0 Å². The Morgan fingerprint density at radius 3 is 1.36 bits per heavy atom. The molecular formula is C31H31BO. The Bertz CT molecular complexity index is 1210. The molecule has 0 fully saturated rings. The molecule has 0 atom stereocenters. The van der Waals surface area contributed by atoms with Crippen molar-refractivity contribution in [3.63, 3.8) is 0 Å². The lowest BCUT2D eigenvalue weighted by Gasteiger charge is -2.24. The van der Waals surface area contributed by atoms with Crippen molar-refractivity contribution in [3.8, 4) is 0 Å². The smallest absolute Gasteiger partial charge is 0.242 e. The Balaban J connectivity index is 1.87. The first-order valence-electron chi connectivity index (χ1n) is 11.6. The minimum Gasteiger partial charge on any atom is -0.289 e. The second-order valence-electron chi connectivity index (χ2n) is 9.37. The van der Waals surface area contributed by atoms with Crippen LogP contribution in [-0.2, 0) is 0 Å². The molecule has 0 aromatic heterocycles. The van der Waals surface area contributed by atoms with E-state index in [9.17, 15) is 4.79 Å². The van der Waals surface area contributed by atoms with Crippen LogP contribution in [0.15, 0.2) is 78.9 Å². The van der Waals surface area contributed by atoms with Crippen molar-refractivity contribution >= 4 is 28.9 Å². The zero-order chi connectivity index (χ0) is 23.7. The summed E-state index contributed by atoms with van der Waals surface area (Å²) in [5, 5.41) is 0. The van der Waals surface area contributed by atoms with Gasteiger partial charge in [-0.25, -0.2) is 0 Å². The van der Waals surface area contributed by atoms with Gasteiger partial charge in [0.1, 0.15) is 0 Å². The topological polar surface area (TPSA) is 17.1 Å². The van der Waals surface area contributed by atoms with Crippen LogP contribution in [0.4, 0.5) is 0 Å². The lowest BCUT2D eigenvalue weighted by molar-refractivity contribution is 0.103. The highest BCUT2D eigenvalue weighted by atomic mass is 16.1. The Morgan fingerprint density at radius 2 is 0.939 bits per heavy atom. The summed E-state index contributed by atoms with van der Waals surface area (Å²) in [4.78, 5) is 13.0. The molecule has 4 aromatic rings. The third kappa shape index (κ3) is 4.57. The first-order valence-corrected chi connectivity index (χ1v) is 11.6. The predicted molar refractivity (Wildman–Crippen MR) is 142 cm³/mol. The average molecular weight is 430 g/mol. The molecule has 0 amide bonds. The first kappa shape index (κ1) is 22.8. The van der Waals surface area contributed by atoms with Gasteiger partial charge >= 0.3 is 0 Å². The zero-order valence-corrected chi connectivity index (χ0v) is 20.5. The number of carbonyl (C=O) groups is 1. The van der Waals surface area contributed by atoms with Crippen molar-refractivity contribution in [1.29, 1.82) is 0 Å². The van der Waals surface area contributed by atoms with E-state index < -0.39 is 0 Å². The van der Waals surface area contributed by atoms with Crippen LogP contribution in [0.25, 0.3) is 0 Å². The molecule has 4 aromatic carbocycles. The highest BCUT2D eigenvalue weighted by Gasteiger charge is 2.28. The molecule has 0 saturated carbocycles. The van der Waals surface area contributed by atoms with Crippen molar-refractivity contribution in [3.05, 3.63) is 123 Å². The quantitative estimate of drug-likeness (QED) is 0.311. The molecule has 33 heavy (non-hydrogen) atoms. The minimum absolute atomic E-state index is 0.0593. The first-order chi connectivity index (χ1) is 15.8. The Labute approximate surface area is 198 Å². The molecule has 0 saturated heterocycles. The van der Waals surface area contributed by atoms with Gasteiger partial charge in [-0.05, 0) is 41.5 Å². The molecule has 0 aliphatic heterocycles. The average Bonchev–Trinajstić information content (AvgIpc) is 2.77. The van der Waals surface area contributed by atoms with Crippen LogP contribution in [0, 0.1) is 41.5 Å². The van der Waals surface area contributed by atoms with Crippen LogP contribution in [0.5, 0.6) is 0 Å². The molecule has 2 heteroatoms. The monoisotopic (exact) mass is 430 g/mol. The summed E-state index contributed by atoms with van der Waals surface area (Å²) in [6, 6.07) is 26.8. The maximum atomic E-state index is 13.0. The maximum Gasteiger partial charge on any atom is 0.242 e. The van der Waals surface area contributed by atoms with Gasteiger partial charge < -0.3 is 0 Å². The molecule has 0 heterocycles. The summed E-state index contributed by atoms with van der Waals surface area (Å²) >= 11 is 0. The minimum atomic E-state index is 0.0593. The van der Waals surface area contributed by atoms with E-state index in [2.05, 4.69) is 77.9 Å². The fraction of sp³-hybridized carbons (Fsp3) is 0.194. The van der Waals surface area contributed by atoms with Crippen LogP contribution in [-0.4, -0.2) is 12.5 Å². The normalized spacial score (nSPS) is 10.8. The van der Waals surface area contributed by atoms with Crippen molar-refractivity contribution in [2.45, 2.75) is 41.5 Å². The number of ketones is 1. The number of carbonyl (C=O) groups excluding carboxylic acids is 1. The van der Waals surface area contributed by atoms with E-state index in [1.54, 1.807) is 0 Å². The van der Waals surface area contributed by atoms with Gasteiger partial charge in [0.25, 0.3) is 0 Å². The molecule has 1 nitrogen and oxygen atoms in total. The van der Waals surface area contributed by atoms with Crippen molar-refractivity contribution < 1.29 is 4.79 Å². The van der Waals surface area contributed by atoms with E-state index in [1.807, 2.05) is 42.5 Å². The SMILES string of the molecule is Cc1cc(C)c(B(c2ccc(C(=O)c3ccccc3)cc2)c2c(C)cc(C)cc2C)c(C)c1. The second kappa shape index (κ2) is 9.23. The molecule has 0 aliphatic rings. The van der Waals surface area contributed by atoms with Gasteiger partial charge in [0.05, 0.1) is 0 Å². The third-order valence-corrected chi connectivity index (χ3v) is 6.60. The summed E-state index contributed by atoms with van der Waals surface area (Å²) in [5.41, 5.74) is 13.2. The standard InChI is InChI=1S/C31H31BO/c1-20-16-22(3)29(23(4)17-20)32(30-24(5)18-21(2)19-25(30)6)28-14-12-27(13-15-28)31(33)26-10-8-7-9-11-26/h7-19H,1-6H3. The van der Waals surface area contributed by atoms with Gasteiger partial charge in [-0.3, -0.25) is 4.79 Å². The highest BCUT2D eigenvalue weighted by Crippen LogP contribution is 2.14. The van der Waals surface area contributed by atoms with Crippen LogP contribution < -0.4 is 16.4 Å². The third-order valence-electron chi connectivity index (χ3n) is 6.60. The number of hydrogen-bond donors (Lipinski definition) is 0. The number of benzene rings is 4. The molecule has 0 unspecified atom stereocenters. The lowest BCUT2D eigenvalue weighted by Crippen LogP contribution is -2.55.